The van der Waals surface area contributed by atoms with E-state index in [-0.39, 0.29) is 5.82 Å². The average Bonchev–Trinajstić information content (AvgIpc) is 2.40. The molecule has 17 heavy (non-hydrogen) atoms. The molecule has 0 unspecified atom stereocenters. The Morgan fingerprint density at radius 1 is 1.29 bits per heavy atom. The average molecular weight is 231 g/mol. The molecule has 1 aliphatic rings. The molecule has 0 spiro atoms. The molecule has 3 nitrogen and oxygen atoms in total. The third-order valence-electron chi connectivity index (χ3n) is 2.57. The maximum atomic E-state index is 13.9. The highest BCUT2D eigenvalue weighted by atomic mass is 19.1. The molecule has 1 aliphatic heterocycles. The van der Waals surface area contributed by atoms with Crippen LogP contribution in [0.4, 0.5) is 4.39 Å². The number of nitrogens with two attached hydrogens (primary N) is 1. The van der Waals surface area contributed by atoms with E-state index in [1.807, 2.05) is 13.0 Å². The second-order valence-electron chi connectivity index (χ2n) is 4.00. The summed E-state index contributed by atoms with van der Waals surface area (Å²) in [6.07, 6.45) is 1.71. The first kappa shape index (κ1) is 11.5. The van der Waals surface area contributed by atoms with E-state index in [0.717, 1.165) is 5.56 Å². The molecule has 1 aromatic carbocycles. The molecule has 0 atom stereocenters. The minimum absolute atomic E-state index is 0.279. The van der Waals surface area contributed by atoms with Crippen molar-refractivity contribution in [2.45, 2.75) is 13.8 Å². The molecule has 1 aromatic rings. The Morgan fingerprint density at radius 2 is 2.06 bits per heavy atom. The lowest BCUT2D eigenvalue weighted by Gasteiger charge is -2.07. The summed E-state index contributed by atoms with van der Waals surface area (Å²) < 4.78 is 13.9. The van der Waals surface area contributed by atoms with E-state index in [9.17, 15) is 4.39 Å². The highest BCUT2D eigenvalue weighted by Gasteiger charge is 2.14. The van der Waals surface area contributed by atoms with E-state index in [1.54, 1.807) is 19.1 Å². The van der Waals surface area contributed by atoms with Gasteiger partial charge in [-0.05, 0) is 37.6 Å². The predicted octanol–water partition coefficient (Wildman–Crippen LogP) is 2.20. The molecule has 1 heterocycles. The van der Waals surface area contributed by atoms with E-state index in [2.05, 4.69) is 9.98 Å². The van der Waals surface area contributed by atoms with Crippen molar-refractivity contribution in [3.8, 4) is 0 Å². The van der Waals surface area contributed by atoms with Gasteiger partial charge in [-0.1, -0.05) is 6.07 Å². The molecule has 0 amide bonds. The zero-order valence-electron chi connectivity index (χ0n) is 9.87. The summed E-state index contributed by atoms with van der Waals surface area (Å²) in [5.74, 6) is 0.146. The summed E-state index contributed by atoms with van der Waals surface area (Å²) in [6, 6.07) is 5.08. The van der Waals surface area contributed by atoms with Crippen LogP contribution in [0.25, 0.3) is 0 Å². The Bertz CT molecular complexity index is 542. The van der Waals surface area contributed by atoms with Crippen LogP contribution in [0.5, 0.6) is 0 Å². The molecule has 0 fully saturated rings. The van der Waals surface area contributed by atoms with Crippen molar-refractivity contribution in [3.05, 3.63) is 47.0 Å². The highest BCUT2D eigenvalue weighted by Crippen LogP contribution is 2.14. The summed E-state index contributed by atoms with van der Waals surface area (Å²) in [6.45, 7) is 4.06. The fraction of sp³-hybridized carbons (Fsp3) is 0.231. The molecular formula is C13H14FN3. The SMILES string of the molecule is CC1=NC(N)=CCN=C1c1ccc(C)cc1F. The van der Waals surface area contributed by atoms with Gasteiger partial charge in [-0.25, -0.2) is 9.38 Å². The number of aliphatic imine (C=N–C) groups is 2. The Labute approximate surface area is 99.6 Å². The first-order valence-corrected chi connectivity index (χ1v) is 5.40. The summed E-state index contributed by atoms with van der Waals surface area (Å²) in [4.78, 5) is 8.46. The Kier molecular flexibility index (Phi) is 3.04. The smallest absolute Gasteiger partial charge is 0.132 e. The number of halogens is 1. The topological polar surface area (TPSA) is 50.7 Å². The number of hydrogen-bond donors (Lipinski definition) is 1. The van der Waals surface area contributed by atoms with Crippen molar-refractivity contribution in [2.24, 2.45) is 15.7 Å². The van der Waals surface area contributed by atoms with E-state index in [4.69, 9.17) is 5.73 Å². The molecule has 0 aromatic heterocycles. The zero-order chi connectivity index (χ0) is 12.4. The Hall–Kier alpha value is -1.97. The molecule has 0 saturated heterocycles. The maximum Gasteiger partial charge on any atom is 0.132 e. The number of aryl methyl sites for hydroxylation is 1. The van der Waals surface area contributed by atoms with Crippen molar-refractivity contribution >= 4 is 11.4 Å². The van der Waals surface area contributed by atoms with Crippen molar-refractivity contribution in [1.82, 2.24) is 0 Å². The second kappa shape index (κ2) is 4.49. The highest BCUT2D eigenvalue weighted by molar-refractivity contribution is 6.48. The van der Waals surface area contributed by atoms with Gasteiger partial charge in [-0.15, -0.1) is 0 Å². The molecule has 0 radical (unpaired) electrons. The molecule has 0 bridgehead atoms. The molecule has 4 heteroatoms. The number of benzene rings is 1. The fourth-order valence-corrected chi connectivity index (χ4v) is 1.73. The van der Waals surface area contributed by atoms with Crippen LogP contribution < -0.4 is 5.73 Å². The largest absolute Gasteiger partial charge is 0.384 e. The lowest BCUT2D eigenvalue weighted by molar-refractivity contribution is 0.624. The minimum Gasteiger partial charge on any atom is -0.384 e. The molecule has 2 N–H and O–H groups in total. The first-order valence-electron chi connectivity index (χ1n) is 5.40. The van der Waals surface area contributed by atoms with Gasteiger partial charge < -0.3 is 5.73 Å². The van der Waals surface area contributed by atoms with Gasteiger partial charge in [0.25, 0.3) is 0 Å². The van der Waals surface area contributed by atoms with Gasteiger partial charge in [0.2, 0.25) is 0 Å². The van der Waals surface area contributed by atoms with Crippen LogP contribution in [0, 0.1) is 12.7 Å². The van der Waals surface area contributed by atoms with Gasteiger partial charge >= 0.3 is 0 Å². The summed E-state index contributed by atoms with van der Waals surface area (Å²) >= 11 is 0. The summed E-state index contributed by atoms with van der Waals surface area (Å²) in [7, 11) is 0. The summed E-state index contributed by atoms with van der Waals surface area (Å²) in [5.41, 5.74) is 8.20. The van der Waals surface area contributed by atoms with Gasteiger partial charge in [0.15, 0.2) is 0 Å². The zero-order valence-corrected chi connectivity index (χ0v) is 9.87. The van der Waals surface area contributed by atoms with Gasteiger partial charge in [0, 0.05) is 5.56 Å². The third kappa shape index (κ3) is 2.41. The van der Waals surface area contributed by atoms with Crippen molar-refractivity contribution in [2.75, 3.05) is 6.54 Å². The quantitative estimate of drug-likeness (QED) is 0.791. The second-order valence-corrected chi connectivity index (χ2v) is 4.00. The molecule has 0 saturated carbocycles. The van der Waals surface area contributed by atoms with E-state index in [1.165, 1.54) is 6.07 Å². The van der Waals surface area contributed by atoms with Crippen LogP contribution in [0.1, 0.15) is 18.1 Å². The van der Waals surface area contributed by atoms with Gasteiger partial charge in [0.1, 0.15) is 11.6 Å². The Balaban J connectivity index is 2.47. The first-order chi connectivity index (χ1) is 8.08. The van der Waals surface area contributed by atoms with Crippen molar-refractivity contribution in [3.63, 3.8) is 0 Å². The van der Waals surface area contributed by atoms with Crippen LogP contribution in [0.2, 0.25) is 0 Å². The van der Waals surface area contributed by atoms with Crippen LogP contribution in [-0.4, -0.2) is 18.0 Å². The molecular weight excluding hydrogens is 217 g/mol. The molecule has 2 rings (SSSR count). The normalized spacial score (nSPS) is 15.8. The Morgan fingerprint density at radius 3 is 2.76 bits per heavy atom. The number of nitrogens with zero attached hydrogens (tertiary/aromatic N) is 2. The predicted molar refractivity (Wildman–Crippen MR) is 67.9 cm³/mol. The van der Waals surface area contributed by atoms with Crippen LogP contribution >= 0.6 is 0 Å². The lowest BCUT2D eigenvalue weighted by atomic mass is 10.0. The van der Waals surface area contributed by atoms with E-state index < -0.39 is 0 Å². The van der Waals surface area contributed by atoms with E-state index >= 15 is 0 Å². The van der Waals surface area contributed by atoms with Gasteiger partial charge in [0.05, 0.1) is 18.0 Å². The maximum absolute atomic E-state index is 13.9. The minimum atomic E-state index is -0.279. The summed E-state index contributed by atoms with van der Waals surface area (Å²) in [5, 5.41) is 0. The van der Waals surface area contributed by atoms with E-state index in [0.29, 0.717) is 29.4 Å². The standard InChI is InChI=1S/C13H14FN3/c1-8-3-4-10(11(14)7-8)13-9(2)17-12(15)5-6-16-13/h3-5,7H,6,15H2,1-2H3. The van der Waals surface area contributed by atoms with Crippen molar-refractivity contribution in [1.29, 1.82) is 0 Å². The van der Waals surface area contributed by atoms with Gasteiger partial charge in [-0.3, -0.25) is 4.99 Å². The van der Waals surface area contributed by atoms with Gasteiger partial charge in [-0.2, -0.15) is 0 Å². The third-order valence-corrected chi connectivity index (χ3v) is 2.57. The molecule has 88 valence electrons. The van der Waals surface area contributed by atoms with Crippen LogP contribution in [-0.2, 0) is 0 Å². The molecule has 0 aliphatic carbocycles. The van der Waals surface area contributed by atoms with Crippen molar-refractivity contribution < 1.29 is 4.39 Å². The number of hydrogen-bond acceptors (Lipinski definition) is 3. The van der Waals surface area contributed by atoms with Crippen LogP contribution in [0.3, 0.4) is 0 Å². The number of rotatable bonds is 1. The van der Waals surface area contributed by atoms with Crippen LogP contribution in [0.15, 0.2) is 40.1 Å². The lowest BCUT2D eigenvalue weighted by Crippen LogP contribution is -2.14. The fourth-order valence-electron chi connectivity index (χ4n) is 1.73. The monoisotopic (exact) mass is 231 g/mol.